The summed E-state index contributed by atoms with van der Waals surface area (Å²) in [5.41, 5.74) is 4.31. The second-order valence-corrected chi connectivity index (χ2v) is 6.03. The quantitative estimate of drug-likeness (QED) is 0.640. The first-order chi connectivity index (χ1) is 9.52. The van der Waals surface area contributed by atoms with Crippen molar-refractivity contribution in [1.29, 1.82) is 0 Å². The Morgan fingerprint density at radius 2 is 1.90 bits per heavy atom. The van der Waals surface area contributed by atoms with Crippen LogP contribution in [0.4, 0.5) is 0 Å². The number of nitrogens with zero attached hydrogens (tertiary/aromatic N) is 1. The Morgan fingerprint density at radius 1 is 1.15 bits per heavy atom. The van der Waals surface area contributed by atoms with Crippen molar-refractivity contribution >= 4 is 21.6 Å². The van der Waals surface area contributed by atoms with E-state index in [-0.39, 0.29) is 5.43 Å². The molecular formula is C16H15NO2S. The molecular weight excluding hydrogens is 270 g/mol. The number of benzene rings is 2. The van der Waals surface area contributed by atoms with Gasteiger partial charge in [-0.1, -0.05) is 6.07 Å². The highest BCUT2D eigenvalue weighted by Crippen LogP contribution is 2.39. The summed E-state index contributed by atoms with van der Waals surface area (Å²) in [7, 11) is 1.59. The maximum absolute atomic E-state index is 12.3. The lowest BCUT2D eigenvalue weighted by molar-refractivity contribution is 0.411. The summed E-state index contributed by atoms with van der Waals surface area (Å²) in [6.07, 6.45) is 0. The van der Waals surface area contributed by atoms with Gasteiger partial charge in [-0.15, -0.1) is 11.3 Å². The second-order valence-electron chi connectivity index (χ2n) is 4.98. The fourth-order valence-corrected chi connectivity index (χ4v) is 3.50. The topological polar surface area (TPSA) is 39.2 Å². The second kappa shape index (κ2) is 4.56. The molecule has 3 rings (SSSR count). The zero-order valence-corrected chi connectivity index (χ0v) is 12.7. The van der Waals surface area contributed by atoms with Crippen molar-refractivity contribution in [3.05, 3.63) is 45.1 Å². The van der Waals surface area contributed by atoms with Gasteiger partial charge >= 0.3 is 0 Å². The number of aryl methyl sites for hydroxylation is 1. The van der Waals surface area contributed by atoms with Gasteiger partial charge < -0.3 is 4.74 Å². The van der Waals surface area contributed by atoms with E-state index in [1.165, 1.54) is 5.56 Å². The van der Waals surface area contributed by atoms with Crippen LogP contribution in [0.2, 0.25) is 0 Å². The van der Waals surface area contributed by atoms with Crippen LogP contribution in [0.25, 0.3) is 20.8 Å². The number of aromatic nitrogens is 1. The van der Waals surface area contributed by atoms with Crippen LogP contribution in [0.5, 0.6) is 5.75 Å². The third-order valence-corrected chi connectivity index (χ3v) is 4.82. The molecule has 1 aliphatic heterocycles. The van der Waals surface area contributed by atoms with E-state index in [9.17, 15) is 4.79 Å². The lowest BCUT2D eigenvalue weighted by Crippen LogP contribution is -2.13. The van der Waals surface area contributed by atoms with Crippen molar-refractivity contribution < 1.29 is 4.74 Å². The van der Waals surface area contributed by atoms with Gasteiger partial charge in [0, 0.05) is 11.1 Å². The van der Waals surface area contributed by atoms with Crippen LogP contribution in [-0.2, 0) is 0 Å². The standard InChI is InChI=1S/C16H15NO2S/c1-8-5-6-12-11(7-8)17-13-15(19-4)9(2)14(18)10(3)16(13)20-12/h5-7H,1-4H3. The maximum atomic E-state index is 12.3. The number of methoxy groups -OCH3 is 1. The summed E-state index contributed by atoms with van der Waals surface area (Å²) in [5, 5.41) is 0. The number of hydrogen-bond donors (Lipinski definition) is 0. The Balaban J connectivity index is 2.54. The maximum Gasteiger partial charge on any atom is 0.189 e. The molecule has 0 fully saturated rings. The first-order valence-corrected chi connectivity index (χ1v) is 7.23. The molecule has 0 spiro atoms. The molecule has 1 aromatic rings. The molecule has 1 aliphatic carbocycles. The summed E-state index contributed by atoms with van der Waals surface area (Å²) in [4.78, 5) is 17.9. The highest BCUT2D eigenvalue weighted by Gasteiger charge is 2.21. The van der Waals surface area contributed by atoms with E-state index in [0.29, 0.717) is 11.3 Å². The molecule has 0 aromatic heterocycles. The van der Waals surface area contributed by atoms with Gasteiger partial charge in [-0.2, -0.15) is 0 Å². The van der Waals surface area contributed by atoms with Gasteiger partial charge in [0.05, 0.1) is 22.2 Å². The lowest BCUT2D eigenvalue weighted by Gasteiger charge is -2.15. The van der Waals surface area contributed by atoms with E-state index in [2.05, 4.69) is 18.2 Å². The van der Waals surface area contributed by atoms with Crippen molar-refractivity contribution in [2.75, 3.05) is 7.11 Å². The van der Waals surface area contributed by atoms with E-state index in [0.717, 1.165) is 26.4 Å². The average Bonchev–Trinajstić information content (AvgIpc) is 2.44. The van der Waals surface area contributed by atoms with E-state index >= 15 is 0 Å². The Bertz CT molecular complexity index is 851. The molecule has 0 N–H and O–H groups in total. The first kappa shape index (κ1) is 13.1. The van der Waals surface area contributed by atoms with Gasteiger partial charge in [-0.05, 0) is 38.5 Å². The van der Waals surface area contributed by atoms with Gasteiger partial charge in [0.2, 0.25) is 0 Å². The Labute approximate surface area is 121 Å². The molecule has 20 heavy (non-hydrogen) atoms. The molecule has 0 saturated carbocycles. The molecule has 0 unspecified atom stereocenters. The third kappa shape index (κ3) is 1.79. The zero-order chi connectivity index (χ0) is 14.4. The fourth-order valence-electron chi connectivity index (χ4n) is 2.45. The van der Waals surface area contributed by atoms with E-state index in [1.807, 2.05) is 13.8 Å². The van der Waals surface area contributed by atoms with Crippen LogP contribution in [0, 0.1) is 20.8 Å². The predicted octanol–water partition coefficient (Wildman–Crippen LogP) is 3.70. The van der Waals surface area contributed by atoms with Gasteiger partial charge in [0.25, 0.3) is 0 Å². The summed E-state index contributed by atoms with van der Waals surface area (Å²) in [5.74, 6) is 0.593. The largest absolute Gasteiger partial charge is 0.494 e. The summed E-state index contributed by atoms with van der Waals surface area (Å²) in [6, 6.07) is 6.17. The summed E-state index contributed by atoms with van der Waals surface area (Å²) in [6.45, 7) is 5.69. The van der Waals surface area contributed by atoms with Crippen LogP contribution in [0.3, 0.4) is 0 Å². The highest BCUT2D eigenvalue weighted by molar-refractivity contribution is 7.21. The molecule has 4 heteroatoms. The normalized spacial score (nSPS) is 11.2. The van der Waals surface area contributed by atoms with E-state index < -0.39 is 0 Å². The van der Waals surface area contributed by atoms with Crippen molar-refractivity contribution in [2.45, 2.75) is 20.8 Å². The number of rotatable bonds is 1. The van der Waals surface area contributed by atoms with Crippen molar-refractivity contribution in [3.63, 3.8) is 0 Å². The van der Waals surface area contributed by atoms with Gasteiger partial charge in [-0.25, -0.2) is 4.98 Å². The van der Waals surface area contributed by atoms with Crippen LogP contribution in [-0.4, -0.2) is 12.1 Å². The number of ether oxygens (including phenoxy) is 1. The summed E-state index contributed by atoms with van der Waals surface area (Å²) >= 11 is 1.60. The minimum Gasteiger partial charge on any atom is -0.494 e. The molecule has 102 valence electrons. The Kier molecular flexibility index (Phi) is 2.98. The SMILES string of the molecule is COc1c2nc3cc(C)ccc3sc-2c(C)c(=O)c1C. The molecule has 0 amide bonds. The van der Waals surface area contributed by atoms with Gasteiger partial charge in [0.15, 0.2) is 11.2 Å². The van der Waals surface area contributed by atoms with Gasteiger partial charge in [-0.3, -0.25) is 4.79 Å². The van der Waals surface area contributed by atoms with E-state index in [1.54, 1.807) is 25.4 Å². The zero-order valence-electron chi connectivity index (χ0n) is 11.9. The predicted molar refractivity (Wildman–Crippen MR) is 83.3 cm³/mol. The fraction of sp³-hybridized carbons (Fsp3) is 0.250. The molecule has 0 atom stereocenters. The minimum absolute atomic E-state index is 0.0406. The average molecular weight is 285 g/mol. The molecule has 1 aromatic carbocycles. The number of fused-ring (bicyclic) bond motifs is 2. The molecule has 1 heterocycles. The van der Waals surface area contributed by atoms with Crippen LogP contribution < -0.4 is 10.2 Å². The van der Waals surface area contributed by atoms with Crippen LogP contribution in [0.15, 0.2) is 23.0 Å². The van der Waals surface area contributed by atoms with Gasteiger partial charge in [0.1, 0.15) is 5.69 Å². The molecule has 2 aliphatic rings. The highest BCUT2D eigenvalue weighted by atomic mass is 32.1. The molecule has 0 saturated heterocycles. The Morgan fingerprint density at radius 3 is 2.60 bits per heavy atom. The van der Waals surface area contributed by atoms with Crippen molar-refractivity contribution in [1.82, 2.24) is 4.98 Å². The monoisotopic (exact) mass is 285 g/mol. The molecule has 0 radical (unpaired) electrons. The third-order valence-electron chi connectivity index (χ3n) is 3.56. The number of hydrogen-bond acceptors (Lipinski definition) is 4. The van der Waals surface area contributed by atoms with Crippen molar-refractivity contribution in [3.8, 4) is 16.3 Å². The minimum atomic E-state index is 0.0406. The van der Waals surface area contributed by atoms with Crippen molar-refractivity contribution in [2.24, 2.45) is 0 Å². The smallest absolute Gasteiger partial charge is 0.189 e. The summed E-state index contributed by atoms with van der Waals surface area (Å²) < 4.78 is 6.50. The lowest BCUT2D eigenvalue weighted by atomic mass is 10.1. The van der Waals surface area contributed by atoms with Crippen LogP contribution in [0.1, 0.15) is 16.7 Å². The molecule has 3 nitrogen and oxygen atoms in total. The van der Waals surface area contributed by atoms with E-state index in [4.69, 9.17) is 9.72 Å². The molecule has 0 bridgehead atoms. The van der Waals surface area contributed by atoms with Crippen LogP contribution >= 0.6 is 11.3 Å². The Hall–Kier alpha value is -1.94. The first-order valence-electron chi connectivity index (χ1n) is 6.41.